The van der Waals surface area contributed by atoms with E-state index in [1.165, 1.54) is 6.07 Å². The number of hydrogen-bond donors (Lipinski definition) is 2. The maximum Gasteiger partial charge on any atom is 0.257 e. The van der Waals surface area contributed by atoms with Gasteiger partial charge in [-0.05, 0) is 25.0 Å². The fourth-order valence-electron chi connectivity index (χ4n) is 1.55. The van der Waals surface area contributed by atoms with Crippen LogP contribution in [0.5, 0.6) is 0 Å². The monoisotopic (exact) mass is 226 g/mol. The number of carbonyl (C=O) groups is 1. The fourth-order valence-corrected chi connectivity index (χ4v) is 1.55. The molecule has 5 heteroatoms. The van der Waals surface area contributed by atoms with Crippen molar-refractivity contribution in [1.29, 1.82) is 0 Å². The van der Waals surface area contributed by atoms with E-state index in [4.69, 9.17) is 5.73 Å². The number of halogens is 2. The minimum Gasteiger partial charge on any atom is -0.345 e. The summed E-state index contributed by atoms with van der Waals surface area (Å²) in [6.45, 7) is 0.287. The molecule has 0 heterocycles. The summed E-state index contributed by atoms with van der Waals surface area (Å²) in [4.78, 5) is 11.7. The lowest BCUT2D eigenvalue weighted by atomic mass is 10.1. The van der Waals surface area contributed by atoms with Crippen LogP contribution < -0.4 is 11.1 Å². The van der Waals surface area contributed by atoms with Crippen molar-refractivity contribution in [3.63, 3.8) is 0 Å². The predicted molar refractivity (Wildman–Crippen MR) is 54.8 cm³/mol. The second-order valence-electron chi connectivity index (χ2n) is 4.04. The lowest BCUT2D eigenvalue weighted by Crippen LogP contribution is -2.43. The van der Waals surface area contributed by atoms with Crippen molar-refractivity contribution >= 4 is 5.91 Å². The third-order valence-electron chi connectivity index (χ3n) is 2.81. The van der Waals surface area contributed by atoms with Crippen molar-refractivity contribution in [3.05, 3.63) is 35.4 Å². The van der Waals surface area contributed by atoms with Crippen molar-refractivity contribution in [2.75, 3.05) is 6.54 Å². The molecule has 3 N–H and O–H groups in total. The van der Waals surface area contributed by atoms with Crippen molar-refractivity contribution in [3.8, 4) is 0 Å². The van der Waals surface area contributed by atoms with Crippen LogP contribution in [0.25, 0.3) is 0 Å². The van der Waals surface area contributed by atoms with Crippen molar-refractivity contribution in [2.24, 2.45) is 5.73 Å². The first-order valence-electron chi connectivity index (χ1n) is 5.05. The van der Waals surface area contributed by atoms with E-state index in [9.17, 15) is 13.6 Å². The summed E-state index contributed by atoms with van der Waals surface area (Å²) < 4.78 is 26.5. The number of carbonyl (C=O) groups excluding carboxylic acids is 1. The molecule has 0 spiro atoms. The number of nitrogens with one attached hydrogen (secondary N) is 1. The third kappa shape index (κ3) is 1.90. The van der Waals surface area contributed by atoms with Gasteiger partial charge in [0.15, 0.2) is 0 Å². The Morgan fingerprint density at radius 1 is 1.38 bits per heavy atom. The van der Waals surface area contributed by atoms with Crippen LogP contribution in [-0.2, 0) is 0 Å². The largest absolute Gasteiger partial charge is 0.345 e. The van der Waals surface area contributed by atoms with Crippen LogP contribution in [0.3, 0.4) is 0 Å². The summed E-state index contributed by atoms with van der Waals surface area (Å²) in [5.74, 6) is -2.45. The molecule has 1 aliphatic carbocycles. The van der Waals surface area contributed by atoms with Crippen LogP contribution in [0, 0.1) is 11.6 Å². The minimum atomic E-state index is -0.856. The Morgan fingerprint density at radius 3 is 2.38 bits per heavy atom. The molecule has 1 saturated carbocycles. The molecular formula is C11H12F2N2O. The smallest absolute Gasteiger partial charge is 0.257 e. The Balaban J connectivity index is 2.21. The first-order chi connectivity index (χ1) is 7.58. The van der Waals surface area contributed by atoms with Crippen LogP contribution in [0.4, 0.5) is 8.78 Å². The van der Waals surface area contributed by atoms with Gasteiger partial charge in [0.05, 0.1) is 5.54 Å². The third-order valence-corrected chi connectivity index (χ3v) is 2.81. The Labute approximate surface area is 91.6 Å². The van der Waals surface area contributed by atoms with Gasteiger partial charge in [-0.1, -0.05) is 6.07 Å². The van der Waals surface area contributed by atoms with Gasteiger partial charge in [0.25, 0.3) is 5.91 Å². The van der Waals surface area contributed by atoms with Gasteiger partial charge in [-0.3, -0.25) is 4.79 Å². The molecule has 3 nitrogen and oxygen atoms in total. The zero-order valence-corrected chi connectivity index (χ0v) is 8.59. The molecule has 16 heavy (non-hydrogen) atoms. The molecule has 0 bridgehead atoms. The molecule has 1 fully saturated rings. The van der Waals surface area contributed by atoms with Gasteiger partial charge in [-0.2, -0.15) is 0 Å². The summed E-state index contributed by atoms with van der Waals surface area (Å²) in [5, 5.41) is 2.57. The summed E-state index contributed by atoms with van der Waals surface area (Å²) in [7, 11) is 0. The molecule has 0 unspecified atom stereocenters. The van der Waals surface area contributed by atoms with Gasteiger partial charge in [0.2, 0.25) is 0 Å². The zero-order valence-electron chi connectivity index (χ0n) is 8.59. The van der Waals surface area contributed by atoms with Crippen molar-refractivity contribution < 1.29 is 13.6 Å². The highest BCUT2D eigenvalue weighted by Gasteiger charge is 2.43. The average molecular weight is 226 g/mol. The van der Waals surface area contributed by atoms with E-state index >= 15 is 0 Å². The maximum absolute atomic E-state index is 13.3. The molecule has 86 valence electrons. The predicted octanol–water partition coefficient (Wildman–Crippen LogP) is 1.19. The quantitative estimate of drug-likeness (QED) is 0.813. The van der Waals surface area contributed by atoms with E-state index in [-0.39, 0.29) is 6.54 Å². The highest BCUT2D eigenvalue weighted by molar-refractivity contribution is 5.95. The van der Waals surface area contributed by atoms with Crippen molar-refractivity contribution in [2.45, 2.75) is 18.4 Å². The molecule has 0 radical (unpaired) electrons. The maximum atomic E-state index is 13.3. The second kappa shape index (κ2) is 3.83. The average Bonchev–Trinajstić information content (AvgIpc) is 2.98. The van der Waals surface area contributed by atoms with E-state index < -0.39 is 28.6 Å². The Bertz CT molecular complexity index is 410. The zero-order chi connectivity index (χ0) is 11.8. The van der Waals surface area contributed by atoms with Gasteiger partial charge in [-0.15, -0.1) is 0 Å². The molecule has 1 aromatic rings. The second-order valence-corrected chi connectivity index (χ2v) is 4.04. The van der Waals surface area contributed by atoms with Crippen molar-refractivity contribution in [1.82, 2.24) is 5.32 Å². The number of amides is 1. The minimum absolute atomic E-state index is 0.287. The molecule has 0 aromatic heterocycles. The first kappa shape index (κ1) is 11.0. The van der Waals surface area contributed by atoms with Gasteiger partial charge in [0.1, 0.15) is 17.2 Å². The van der Waals surface area contributed by atoms with Crippen LogP contribution >= 0.6 is 0 Å². The molecule has 0 aliphatic heterocycles. The number of benzene rings is 1. The van der Waals surface area contributed by atoms with Gasteiger partial charge >= 0.3 is 0 Å². The lowest BCUT2D eigenvalue weighted by Gasteiger charge is -2.15. The van der Waals surface area contributed by atoms with Gasteiger partial charge < -0.3 is 11.1 Å². The number of nitrogens with two attached hydrogens (primary N) is 1. The highest BCUT2D eigenvalue weighted by Crippen LogP contribution is 2.34. The van der Waals surface area contributed by atoms with Gasteiger partial charge in [0, 0.05) is 6.54 Å². The van der Waals surface area contributed by atoms with Crippen LogP contribution in [0.1, 0.15) is 23.2 Å². The molecular weight excluding hydrogens is 214 g/mol. The van der Waals surface area contributed by atoms with E-state index in [1.807, 2.05) is 0 Å². The molecule has 1 amide bonds. The Kier molecular flexibility index (Phi) is 2.63. The summed E-state index contributed by atoms with van der Waals surface area (Å²) in [6.07, 6.45) is 1.51. The van der Waals surface area contributed by atoms with Crippen LogP contribution in [0.15, 0.2) is 18.2 Å². The number of rotatable bonds is 3. The lowest BCUT2D eigenvalue weighted by molar-refractivity contribution is 0.0924. The fraction of sp³-hybridized carbons (Fsp3) is 0.364. The highest BCUT2D eigenvalue weighted by atomic mass is 19.1. The summed E-state index contributed by atoms with van der Waals surface area (Å²) in [6, 6.07) is 3.33. The Morgan fingerprint density at radius 2 is 1.94 bits per heavy atom. The van der Waals surface area contributed by atoms with Crippen LogP contribution in [0.2, 0.25) is 0 Å². The SMILES string of the molecule is NCC1(NC(=O)c2c(F)cccc2F)CC1. The molecule has 1 aliphatic rings. The standard InChI is InChI=1S/C11H12F2N2O/c12-7-2-1-3-8(13)9(7)10(16)15-11(6-14)4-5-11/h1-3H,4-6,14H2,(H,15,16). The summed E-state index contributed by atoms with van der Waals surface area (Å²) in [5.41, 5.74) is 4.48. The van der Waals surface area contributed by atoms with Crippen LogP contribution in [-0.4, -0.2) is 18.0 Å². The van der Waals surface area contributed by atoms with Gasteiger partial charge in [-0.25, -0.2) is 8.78 Å². The Hall–Kier alpha value is -1.49. The number of hydrogen-bond acceptors (Lipinski definition) is 2. The molecule has 0 saturated heterocycles. The molecule has 1 aromatic carbocycles. The van der Waals surface area contributed by atoms with E-state index in [1.54, 1.807) is 0 Å². The molecule has 2 rings (SSSR count). The molecule has 0 atom stereocenters. The van der Waals surface area contributed by atoms with E-state index in [0.717, 1.165) is 25.0 Å². The topological polar surface area (TPSA) is 55.1 Å². The summed E-state index contributed by atoms with van der Waals surface area (Å²) >= 11 is 0. The van der Waals surface area contributed by atoms with E-state index in [2.05, 4.69) is 5.32 Å². The first-order valence-corrected chi connectivity index (χ1v) is 5.05. The van der Waals surface area contributed by atoms with E-state index in [0.29, 0.717) is 0 Å². The normalized spacial score (nSPS) is 16.9.